The van der Waals surface area contributed by atoms with Crippen molar-refractivity contribution in [1.29, 1.82) is 0 Å². The first-order chi connectivity index (χ1) is 8.56. The van der Waals surface area contributed by atoms with Gasteiger partial charge in [-0.25, -0.2) is 0 Å². The Kier molecular flexibility index (Phi) is 6.38. The summed E-state index contributed by atoms with van der Waals surface area (Å²) in [6.07, 6.45) is 0.179. The number of amides is 1. The Bertz CT molecular complexity index is 454. The van der Waals surface area contributed by atoms with Gasteiger partial charge in [-0.15, -0.1) is 11.8 Å². The van der Waals surface area contributed by atoms with Crippen LogP contribution in [-0.4, -0.2) is 24.7 Å². The number of benzene rings is 1. The van der Waals surface area contributed by atoms with Crippen molar-refractivity contribution in [3.63, 3.8) is 0 Å². The molecule has 1 rings (SSSR count). The van der Waals surface area contributed by atoms with Gasteiger partial charge >= 0.3 is 5.97 Å². The molecule has 4 nitrogen and oxygen atoms in total. The van der Waals surface area contributed by atoms with Gasteiger partial charge in [-0.05, 0) is 17.7 Å². The summed E-state index contributed by atoms with van der Waals surface area (Å²) in [6, 6.07) is 5.25. The fourth-order valence-corrected chi connectivity index (χ4v) is 2.46. The number of nitrogens with one attached hydrogen (secondary N) is 1. The van der Waals surface area contributed by atoms with Crippen LogP contribution in [0.2, 0.25) is 5.02 Å². The van der Waals surface area contributed by atoms with E-state index in [1.54, 1.807) is 18.2 Å². The van der Waals surface area contributed by atoms with Gasteiger partial charge in [0.2, 0.25) is 5.91 Å². The number of ether oxygens (including phenoxy) is 1. The van der Waals surface area contributed by atoms with Crippen molar-refractivity contribution >= 4 is 48.1 Å². The molecular weight excluding hydrogens is 294 g/mol. The van der Waals surface area contributed by atoms with Crippen molar-refractivity contribution in [1.82, 2.24) is 4.72 Å². The zero-order valence-corrected chi connectivity index (χ0v) is 12.1. The Morgan fingerprint density at radius 3 is 2.78 bits per heavy atom. The lowest BCUT2D eigenvalue weighted by molar-refractivity contribution is -0.139. The predicted octanol–water partition coefficient (Wildman–Crippen LogP) is 2.11. The second kappa shape index (κ2) is 7.56. The van der Waals surface area contributed by atoms with Crippen LogP contribution in [-0.2, 0) is 20.7 Å². The summed E-state index contributed by atoms with van der Waals surface area (Å²) in [4.78, 5) is 22.9. The maximum atomic E-state index is 11.1. The number of hydrogen-bond acceptors (Lipinski definition) is 5. The zero-order valence-electron chi connectivity index (χ0n) is 9.60. The number of carbonyl (C=O) groups excluding carboxylic acids is 2. The molecule has 0 fully saturated rings. The van der Waals surface area contributed by atoms with E-state index in [9.17, 15) is 9.59 Å². The number of methoxy groups -OCH3 is 1. The Morgan fingerprint density at radius 2 is 2.22 bits per heavy atom. The third kappa shape index (κ3) is 4.80. The molecule has 0 aromatic heterocycles. The van der Waals surface area contributed by atoms with Crippen LogP contribution >= 0.6 is 36.2 Å². The molecule has 7 heteroatoms. The monoisotopic (exact) mass is 305 g/mol. The van der Waals surface area contributed by atoms with Gasteiger partial charge in [0.15, 0.2) is 0 Å². The minimum Gasteiger partial charge on any atom is -0.469 e. The molecule has 0 aliphatic carbocycles. The van der Waals surface area contributed by atoms with E-state index in [0.29, 0.717) is 5.02 Å². The quantitative estimate of drug-likeness (QED) is 0.497. The Labute approximate surface area is 120 Å². The molecule has 1 N–H and O–H groups in total. The Morgan fingerprint density at radius 1 is 1.50 bits per heavy atom. The van der Waals surface area contributed by atoms with Crippen LogP contribution in [0.5, 0.6) is 0 Å². The van der Waals surface area contributed by atoms with E-state index < -0.39 is 0 Å². The summed E-state index contributed by atoms with van der Waals surface area (Å²) in [7, 11) is 1.34. The largest absolute Gasteiger partial charge is 0.469 e. The number of hydrogen-bond donors (Lipinski definition) is 2. The van der Waals surface area contributed by atoms with Crippen LogP contribution in [0.25, 0.3) is 0 Å². The summed E-state index contributed by atoms with van der Waals surface area (Å²) >= 11 is 11.0. The standard InChI is InChI=1S/C11H12ClNO3S2/c1-16-11(15)5-7-2-3-9(8(12)4-7)18-6-10(14)13-17/h2-4,17H,5-6H2,1H3,(H,13,14). The molecule has 1 aromatic rings. The molecular formula is C11H12ClNO3S2. The average molecular weight is 306 g/mol. The van der Waals surface area contributed by atoms with Crippen LogP contribution in [0.15, 0.2) is 23.1 Å². The van der Waals surface area contributed by atoms with Gasteiger partial charge in [0, 0.05) is 4.90 Å². The van der Waals surface area contributed by atoms with E-state index in [2.05, 4.69) is 22.3 Å². The van der Waals surface area contributed by atoms with Crippen molar-refractivity contribution in [2.45, 2.75) is 11.3 Å². The Balaban J connectivity index is 2.67. The molecule has 0 spiro atoms. The highest BCUT2D eigenvalue weighted by atomic mass is 35.5. The van der Waals surface area contributed by atoms with Crippen LogP contribution in [0, 0.1) is 0 Å². The molecule has 0 aliphatic rings. The SMILES string of the molecule is COC(=O)Cc1ccc(SCC(=O)NS)c(Cl)c1. The molecule has 18 heavy (non-hydrogen) atoms. The van der Waals surface area contributed by atoms with Crippen LogP contribution < -0.4 is 4.72 Å². The highest BCUT2D eigenvalue weighted by Gasteiger charge is 2.08. The summed E-state index contributed by atoms with van der Waals surface area (Å²) in [5, 5.41) is 0.508. The number of esters is 1. The van der Waals surface area contributed by atoms with E-state index in [1.807, 2.05) is 0 Å². The molecule has 0 radical (unpaired) electrons. The molecule has 1 aromatic carbocycles. The minimum absolute atomic E-state index is 0.179. The van der Waals surface area contributed by atoms with E-state index in [-0.39, 0.29) is 24.1 Å². The van der Waals surface area contributed by atoms with E-state index in [1.165, 1.54) is 18.9 Å². The molecule has 0 saturated carbocycles. The molecule has 0 heterocycles. The summed E-state index contributed by atoms with van der Waals surface area (Å²) in [5.74, 6) is -0.279. The topological polar surface area (TPSA) is 55.4 Å². The van der Waals surface area contributed by atoms with Gasteiger partial charge in [-0.2, -0.15) is 0 Å². The van der Waals surface area contributed by atoms with Crippen LogP contribution in [0.3, 0.4) is 0 Å². The van der Waals surface area contributed by atoms with Gasteiger partial charge in [-0.3, -0.25) is 9.59 Å². The first-order valence-electron chi connectivity index (χ1n) is 4.97. The Hall–Kier alpha value is -0.850. The number of carbonyl (C=O) groups is 2. The lowest BCUT2D eigenvalue weighted by Crippen LogP contribution is -2.14. The van der Waals surface area contributed by atoms with Gasteiger partial charge in [-0.1, -0.05) is 30.5 Å². The third-order valence-electron chi connectivity index (χ3n) is 2.06. The van der Waals surface area contributed by atoms with Crippen molar-refractivity contribution in [2.75, 3.05) is 12.9 Å². The van der Waals surface area contributed by atoms with Crippen molar-refractivity contribution in [3.8, 4) is 0 Å². The highest BCUT2D eigenvalue weighted by Crippen LogP contribution is 2.28. The van der Waals surface area contributed by atoms with Gasteiger partial charge in [0.05, 0.1) is 24.3 Å². The van der Waals surface area contributed by atoms with E-state index in [0.717, 1.165) is 10.5 Å². The first kappa shape index (κ1) is 15.2. The predicted molar refractivity (Wildman–Crippen MR) is 75.0 cm³/mol. The zero-order chi connectivity index (χ0) is 13.5. The molecule has 0 bridgehead atoms. The number of thioether (sulfide) groups is 1. The second-order valence-corrected chi connectivity index (χ2v) is 4.99. The summed E-state index contributed by atoms with van der Waals surface area (Å²) < 4.78 is 6.80. The van der Waals surface area contributed by atoms with Crippen molar-refractivity contribution < 1.29 is 14.3 Å². The lowest BCUT2D eigenvalue weighted by atomic mass is 10.1. The molecule has 0 aliphatic heterocycles. The average Bonchev–Trinajstić information content (AvgIpc) is 2.37. The van der Waals surface area contributed by atoms with Crippen molar-refractivity contribution in [3.05, 3.63) is 28.8 Å². The summed E-state index contributed by atoms with van der Waals surface area (Å²) in [5.41, 5.74) is 0.773. The fraction of sp³-hybridized carbons (Fsp3) is 0.273. The van der Waals surface area contributed by atoms with Gasteiger partial charge in [0.1, 0.15) is 0 Å². The number of halogens is 1. The smallest absolute Gasteiger partial charge is 0.309 e. The van der Waals surface area contributed by atoms with E-state index >= 15 is 0 Å². The first-order valence-corrected chi connectivity index (χ1v) is 6.79. The molecule has 98 valence electrons. The third-order valence-corrected chi connectivity index (χ3v) is 3.80. The maximum Gasteiger partial charge on any atom is 0.309 e. The normalized spacial score (nSPS) is 9.94. The molecule has 1 amide bonds. The molecule has 0 atom stereocenters. The van der Waals surface area contributed by atoms with Crippen LogP contribution in [0.4, 0.5) is 0 Å². The summed E-state index contributed by atoms with van der Waals surface area (Å²) in [6.45, 7) is 0. The lowest BCUT2D eigenvalue weighted by Gasteiger charge is -2.06. The van der Waals surface area contributed by atoms with Crippen molar-refractivity contribution in [2.24, 2.45) is 0 Å². The highest BCUT2D eigenvalue weighted by molar-refractivity contribution is 8.00. The number of rotatable bonds is 5. The van der Waals surface area contributed by atoms with E-state index in [4.69, 9.17) is 11.6 Å². The minimum atomic E-state index is -0.319. The second-order valence-electron chi connectivity index (χ2n) is 3.34. The van der Waals surface area contributed by atoms with Crippen LogP contribution in [0.1, 0.15) is 5.56 Å². The van der Waals surface area contributed by atoms with Gasteiger partial charge < -0.3 is 9.46 Å². The number of thiol groups is 1. The molecule has 0 unspecified atom stereocenters. The maximum absolute atomic E-state index is 11.1. The van der Waals surface area contributed by atoms with Gasteiger partial charge in [0.25, 0.3) is 0 Å². The molecule has 0 saturated heterocycles. The fourth-order valence-electron chi connectivity index (χ4n) is 1.19.